The van der Waals surface area contributed by atoms with Gasteiger partial charge >= 0.3 is 0 Å². The Morgan fingerprint density at radius 2 is 1.50 bits per heavy atom. The van der Waals surface area contributed by atoms with Crippen LogP contribution in [0.25, 0.3) is 38.2 Å². The summed E-state index contributed by atoms with van der Waals surface area (Å²) in [5.74, 6) is 0. The summed E-state index contributed by atoms with van der Waals surface area (Å²) in [5.41, 5.74) is 4.65. The molecule has 0 radical (unpaired) electrons. The maximum atomic E-state index is 13.8. The SMILES string of the molecule is O=c1c2ccc(C3=NN(c4ccc([N+](=O)[O-])cc4)[C@@H](c4cccc([N+](=O)[O-])c4)C3)c3cccc(c32)c2nc3ccccc3n12. The van der Waals surface area contributed by atoms with Crippen molar-refractivity contribution in [2.24, 2.45) is 5.10 Å². The van der Waals surface area contributed by atoms with E-state index >= 15 is 0 Å². The third-order valence-electron chi connectivity index (χ3n) is 8.29. The predicted octanol–water partition coefficient (Wildman–Crippen LogP) is 6.76. The zero-order chi connectivity index (χ0) is 30.1. The summed E-state index contributed by atoms with van der Waals surface area (Å²) in [6, 6.07) is 29.2. The fraction of sp³-hybridized carbons (Fsp3) is 0.0606. The van der Waals surface area contributed by atoms with Gasteiger partial charge in [-0.1, -0.05) is 48.5 Å². The molecule has 1 aliphatic heterocycles. The maximum absolute atomic E-state index is 13.8. The Labute approximate surface area is 247 Å². The molecule has 8 rings (SSSR count). The van der Waals surface area contributed by atoms with Gasteiger partial charge in [0.1, 0.15) is 5.65 Å². The van der Waals surface area contributed by atoms with Crippen LogP contribution in [0.1, 0.15) is 23.6 Å². The first-order valence-electron chi connectivity index (χ1n) is 13.8. The van der Waals surface area contributed by atoms with E-state index in [1.54, 1.807) is 27.6 Å². The second-order valence-electron chi connectivity index (χ2n) is 10.7. The first-order valence-corrected chi connectivity index (χ1v) is 13.8. The number of anilines is 1. The highest BCUT2D eigenvalue weighted by molar-refractivity contribution is 6.22. The van der Waals surface area contributed by atoms with Gasteiger partial charge in [0.15, 0.2) is 0 Å². The molecule has 0 amide bonds. The molecular formula is C33H20N6O5. The van der Waals surface area contributed by atoms with E-state index in [1.807, 2.05) is 60.7 Å². The molecule has 0 saturated heterocycles. The summed E-state index contributed by atoms with van der Waals surface area (Å²) in [6.07, 6.45) is 0.406. The molecule has 1 aliphatic rings. The van der Waals surface area contributed by atoms with Crippen LogP contribution in [0.5, 0.6) is 0 Å². The first-order chi connectivity index (χ1) is 21.4. The van der Waals surface area contributed by atoms with E-state index in [-0.39, 0.29) is 16.9 Å². The lowest BCUT2D eigenvalue weighted by Gasteiger charge is -2.23. The van der Waals surface area contributed by atoms with Gasteiger partial charge < -0.3 is 0 Å². The average Bonchev–Trinajstić information content (AvgIpc) is 3.66. The van der Waals surface area contributed by atoms with E-state index in [4.69, 9.17) is 10.1 Å². The molecule has 11 nitrogen and oxygen atoms in total. The lowest BCUT2D eigenvalue weighted by Crippen LogP contribution is -2.18. The molecule has 1 atom stereocenters. The van der Waals surface area contributed by atoms with Gasteiger partial charge in [0.05, 0.1) is 38.3 Å². The van der Waals surface area contributed by atoms with E-state index in [0.29, 0.717) is 28.7 Å². The Hall–Kier alpha value is -6.23. The third-order valence-corrected chi connectivity index (χ3v) is 8.29. The lowest BCUT2D eigenvalue weighted by molar-refractivity contribution is -0.385. The van der Waals surface area contributed by atoms with Gasteiger partial charge in [-0.25, -0.2) is 4.98 Å². The van der Waals surface area contributed by atoms with E-state index in [9.17, 15) is 25.0 Å². The van der Waals surface area contributed by atoms with Gasteiger partial charge in [-0.3, -0.25) is 34.4 Å². The molecule has 11 heteroatoms. The van der Waals surface area contributed by atoms with E-state index in [2.05, 4.69) is 0 Å². The Bertz CT molecular complexity index is 2420. The number of nitro benzene ring substituents is 2. The number of nitrogens with zero attached hydrogens (tertiary/aromatic N) is 6. The molecule has 0 saturated carbocycles. The number of imidazole rings is 1. The molecule has 0 N–H and O–H groups in total. The number of para-hydroxylation sites is 2. The largest absolute Gasteiger partial charge is 0.269 e. The number of nitro groups is 2. The molecule has 0 fully saturated rings. The number of hydrogen-bond donors (Lipinski definition) is 0. The summed E-state index contributed by atoms with van der Waals surface area (Å²) in [6.45, 7) is 0. The summed E-state index contributed by atoms with van der Waals surface area (Å²) >= 11 is 0. The number of hydrazone groups is 1. The molecule has 0 bridgehead atoms. The monoisotopic (exact) mass is 580 g/mol. The van der Waals surface area contributed by atoms with Gasteiger partial charge in [0.25, 0.3) is 16.9 Å². The highest BCUT2D eigenvalue weighted by Crippen LogP contribution is 2.40. The standard InChI is InChI=1S/C33H20N6O5/c40-33-26-16-15-23(24-7-4-8-25(31(24)26)32-34-27-9-1-2-10-29(27)36(32)33)28-18-30(19-5-3-6-22(17-19)39(43)44)37(35-28)20-11-13-21(14-12-20)38(41)42/h1-17,30H,18H2/t30-/m1/s1. The second-order valence-corrected chi connectivity index (χ2v) is 10.7. The van der Waals surface area contributed by atoms with Crippen molar-refractivity contribution in [1.82, 2.24) is 9.38 Å². The van der Waals surface area contributed by atoms with E-state index < -0.39 is 15.9 Å². The Kier molecular flexibility index (Phi) is 5.44. The van der Waals surface area contributed by atoms with E-state index in [1.165, 1.54) is 24.3 Å². The number of aromatic nitrogens is 2. The fourth-order valence-corrected chi connectivity index (χ4v) is 6.30. The molecular weight excluding hydrogens is 560 g/mol. The van der Waals surface area contributed by atoms with Crippen LogP contribution in [0.15, 0.2) is 113 Å². The van der Waals surface area contributed by atoms with Gasteiger partial charge in [0.2, 0.25) is 0 Å². The number of hydrogen-bond acceptors (Lipinski definition) is 8. The molecule has 0 spiro atoms. The zero-order valence-electron chi connectivity index (χ0n) is 22.8. The van der Waals surface area contributed by atoms with Crippen LogP contribution in [0.3, 0.4) is 0 Å². The van der Waals surface area contributed by atoms with Crippen LogP contribution >= 0.6 is 0 Å². The summed E-state index contributed by atoms with van der Waals surface area (Å²) in [4.78, 5) is 40.6. The number of benzene rings is 5. The summed E-state index contributed by atoms with van der Waals surface area (Å²) in [7, 11) is 0. The summed E-state index contributed by atoms with van der Waals surface area (Å²) in [5, 5.41) is 32.7. The van der Waals surface area contributed by atoms with Gasteiger partial charge in [-0.05, 0) is 41.3 Å². The van der Waals surface area contributed by atoms with E-state index in [0.717, 1.165) is 38.5 Å². The highest BCUT2D eigenvalue weighted by atomic mass is 16.6. The van der Waals surface area contributed by atoms with Crippen molar-refractivity contribution >= 4 is 61.0 Å². The van der Waals surface area contributed by atoms with Crippen LogP contribution in [0, 0.1) is 20.2 Å². The smallest absolute Gasteiger partial charge is 0.268 e. The number of pyridine rings is 1. The molecule has 0 unspecified atom stereocenters. The highest BCUT2D eigenvalue weighted by Gasteiger charge is 2.32. The zero-order valence-corrected chi connectivity index (χ0v) is 22.8. The van der Waals surface area contributed by atoms with Gasteiger partial charge in [0, 0.05) is 52.4 Å². The molecule has 5 aromatic carbocycles. The first kappa shape index (κ1) is 25.5. The second kappa shape index (κ2) is 9.39. The number of non-ortho nitro benzene ring substituents is 2. The third kappa shape index (κ3) is 3.72. The predicted molar refractivity (Wildman–Crippen MR) is 168 cm³/mol. The fourth-order valence-electron chi connectivity index (χ4n) is 6.30. The van der Waals surface area contributed by atoms with Crippen LogP contribution in [-0.4, -0.2) is 24.9 Å². The Balaban J connectivity index is 1.33. The number of rotatable bonds is 5. The normalized spacial score (nSPS) is 15.0. The number of fused-ring (bicyclic) bond motifs is 4. The average molecular weight is 581 g/mol. The van der Waals surface area contributed by atoms with Crippen molar-refractivity contribution in [3.8, 4) is 0 Å². The van der Waals surface area contributed by atoms with Crippen LogP contribution < -0.4 is 10.6 Å². The molecule has 7 aromatic rings. The topological polar surface area (TPSA) is 136 Å². The van der Waals surface area contributed by atoms with Crippen molar-refractivity contribution in [2.45, 2.75) is 12.5 Å². The minimum Gasteiger partial charge on any atom is -0.268 e. The minimum atomic E-state index is -0.467. The lowest BCUT2D eigenvalue weighted by atomic mass is 9.92. The van der Waals surface area contributed by atoms with Crippen molar-refractivity contribution in [3.05, 3.63) is 145 Å². The minimum absolute atomic E-state index is 0.0393. The van der Waals surface area contributed by atoms with Gasteiger partial charge in [-0.15, -0.1) is 0 Å². The van der Waals surface area contributed by atoms with Crippen LogP contribution in [0.2, 0.25) is 0 Å². The van der Waals surface area contributed by atoms with Crippen molar-refractivity contribution < 1.29 is 9.85 Å². The summed E-state index contributed by atoms with van der Waals surface area (Å²) < 4.78 is 1.66. The van der Waals surface area contributed by atoms with Crippen LogP contribution in [-0.2, 0) is 0 Å². The molecule has 44 heavy (non-hydrogen) atoms. The molecule has 212 valence electrons. The molecule has 3 heterocycles. The quantitative estimate of drug-likeness (QED) is 0.162. The van der Waals surface area contributed by atoms with Crippen molar-refractivity contribution in [3.63, 3.8) is 0 Å². The maximum Gasteiger partial charge on any atom is 0.269 e. The Morgan fingerprint density at radius 3 is 2.30 bits per heavy atom. The molecule has 0 aliphatic carbocycles. The van der Waals surface area contributed by atoms with Crippen LogP contribution in [0.4, 0.5) is 17.1 Å². The van der Waals surface area contributed by atoms with Crippen molar-refractivity contribution in [2.75, 3.05) is 5.01 Å². The van der Waals surface area contributed by atoms with Gasteiger partial charge in [-0.2, -0.15) is 5.10 Å². The Morgan fingerprint density at radius 1 is 0.750 bits per heavy atom. The van der Waals surface area contributed by atoms with Crippen molar-refractivity contribution in [1.29, 1.82) is 0 Å². The molecule has 2 aromatic heterocycles.